The molecule has 0 fully saturated rings. The van der Waals surface area contributed by atoms with Crippen molar-refractivity contribution < 1.29 is 13.6 Å². The molecule has 0 atom stereocenters. The van der Waals surface area contributed by atoms with Crippen LogP contribution in [0.1, 0.15) is 32.3 Å². The second-order valence-electron chi connectivity index (χ2n) is 5.01. The zero-order chi connectivity index (χ0) is 13.7. The maximum absolute atomic E-state index is 13.6. The summed E-state index contributed by atoms with van der Waals surface area (Å²) in [7, 11) is 0. The van der Waals surface area contributed by atoms with E-state index < -0.39 is 5.82 Å². The lowest BCUT2D eigenvalue weighted by molar-refractivity contribution is 0.101. The minimum absolute atomic E-state index is 0.153. The Morgan fingerprint density at radius 1 is 1.25 bits per heavy atom. The molecule has 0 spiro atoms. The van der Waals surface area contributed by atoms with Gasteiger partial charge in [-0.3, -0.25) is 4.79 Å². The summed E-state index contributed by atoms with van der Waals surface area (Å²) >= 11 is 1.54. The van der Waals surface area contributed by atoms with Crippen molar-refractivity contribution in [1.29, 1.82) is 0 Å². The molecule has 4 rings (SSSR count). The summed E-state index contributed by atoms with van der Waals surface area (Å²) in [5, 5.41) is 0.623. The van der Waals surface area contributed by atoms with Crippen LogP contribution in [0.25, 0.3) is 11.0 Å². The third-order valence-electron chi connectivity index (χ3n) is 3.69. The van der Waals surface area contributed by atoms with Crippen LogP contribution in [0.4, 0.5) is 4.39 Å². The lowest BCUT2D eigenvalue weighted by Gasteiger charge is -1.93. The molecule has 4 heteroatoms. The van der Waals surface area contributed by atoms with E-state index in [0.717, 1.165) is 12.8 Å². The first-order chi connectivity index (χ1) is 9.72. The predicted molar refractivity (Wildman–Crippen MR) is 75.9 cm³/mol. The van der Waals surface area contributed by atoms with E-state index in [0.29, 0.717) is 10.3 Å². The van der Waals surface area contributed by atoms with Crippen LogP contribution in [0.2, 0.25) is 0 Å². The normalized spacial score (nSPS) is 13.8. The van der Waals surface area contributed by atoms with E-state index in [1.54, 1.807) is 18.2 Å². The molecule has 0 aliphatic heterocycles. The standard InChI is InChI=1S/C16H11FO2S/c17-11-5-1-4-10-7-12(19-16(10)11)15(18)14-8-9-3-2-6-13(9)20-14/h1,4-5,7-8H,2-3,6H2. The van der Waals surface area contributed by atoms with Crippen LogP contribution in [-0.2, 0) is 12.8 Å². The van der Waals surface area contributed by atoms with Crippen LogP contribution in [0.5, 0.6) is 0 Å². The van der Waals surface area contributed by atoms with Crippen molar-refractivity contribution in [2.24, 2.45) is 0 Å². The number of carbonyl (C=O) groups is 1. The third-order valence-corrected chi connectivity index (χ3v) is 4.93. The summed E-state index contributed by atoms with van der Waals surface area (Å²) in [5.74, 6) is -0.375. The number of carbonyl (C=O) groups excluding carboxylic acids is 1. The first-order valence-corrected chi connectivity index (χ1v) is 7.38. The van der Waals surface area contributed by atoms with Crippen molar-refractivity contribution in [1.82, 2.24) is 0 Å². The first-order valence-electron chi connectivity index (χ1n) is 6.57. The summed E-state index contributed by atoms with van der Waals surface area (Å²) in [5.41, 5.74) is 1.43. The first kappa shape index (κ1) is 11.9. The highest BCUT2D eigenvalue weighted by atomic mass is 32.1. The van der Waals surface area contributed by atoms with Crippen LogP contribution < -0.4 is 0 Å². The van der Waals surface area contributed by atoms with E-state index >= 15 is 0 Å². The Bertz CT molecular complexity index is 807. The lowest BCUT2D eigenvalue weighted by Crippen LogP contribution is -1.96. The van der Waals surface area contributed by atoms with Crippen LogP contribution in [0, 0.1) is 5.82 Å². The number of fused-ring (bicyclic) bond motifs is 2. The second-order valence-corrected chi connectivity index (χ2v) is 6.15. The second kappa shape index (κ2) is 4.28. The molecule has 0 saturated carbocycles. The molecule has 2 heterocycles. The highest BCUT2D eigenvalue weighted by Crippen LogP contribution is 2.33. The van der Waals surface area contributed by atoms with Crippen LogP contribution in [-0.4, -0.2) is 5.78 Å². The maximum atomic E-state index is 13.6. The van der Waals surface area contributed by atoms with Crippen LogP contribution >= 0.6 is 11.3 Å². The number of thiophene rings is 1. The highest BCUT2D eigenvalue weighted by Gasteiger charge is 2.22. The van der Waals surface area contributed by atoms with Gasteiger partial charge in [-0.05, 0) is 43.0 Å². The number of furan rings is 1. The Morgan fingerprint density at radius 3 is 2.95 bits per heavy atom. The van der Waals surface area contributed by atoms with Gasteiger partial charge in [0, 0.05) is 10.3 Å². The Morgan fingerprint density at radius 2 is 2.15 bits per heavy atom. The average molecular weight is 286 g/mol. The minimum Gasteiger partial charge on any atom is -0.449 e. The smallest absolute Gasteiger partial charge is 0.238 e. The number of halogens is 1. The van der Waals surface area contributed by atoms with E-state index in [2.05, 4.69) is 0 Å². The zero-order valence-corrected chi connectivity index (χ0v) is 11.4. The number of benzene rings is 1. The van der Waals surface area contributed by atoms with E-state index in [1.165, 1.54) is 34.3 Å². The predicted octanol–water partition coefficient (Wildman–Crippen LogP) is 4.35. The monoisotopic (exact) mass is 286 g/mol. The van der Waals surface area contributed by atoms with Gasteiger partial charge in [0.25, 0.3) is 0 Å². The van der Waals surface area contributed by atoms with Crippen LogP contribution in [0.3, 0.4) is 0 Å². The van der Waals surface area contributed by atoms with Gasteiger partial charge in [-0.1, -0.05) is 12.1 Å². The SMILES string of the molecule is O=C(c1cc2cccc(F)c2o1)c1cc2c(s1)CCC2. The largest absolute Gasteiger partial charge is 0.449 e. The van der Waals surface area contributed by atoms with Gasteiger partial charge in [-0.2, -0.15) is 0 Å². The van der Waals surface area contributed by atoms with Gasteiger partial charge in [-0.25, -0.2) is 4.39 Å². The summed E-state index contributed by atoms with van der Waals surface area (Å²) in [6.45, 7) is 0. The summed E-state index contributed by atoms with van der Waals surface area (Å²) < 4.78 is 19.0. The Hall–Kier alpha value is -1.94. The highest BCUT2D eigenvalue weighted by molar-refractivity contribution is 7.14. The number of rotatable bonds is 2. The molecule has 20 heavy (non-hydrogen) atoms. The molecule has 1 aliphatic carbocycles. The van der Waals surface area contributed by atoms with E-state index in [-0.39, 0.29) is 17.1 Å². The molecule has 1 aliphatic rings. The maximum Gasteiger partial charge on any atom is 0.238 e. The number of hydrogen-bond donors (Lipinski definition) is 0. The lowest BCUT2D eigenvalue weighted by atomic mass is 10.2. The molecular weight excluding hydrogens is 275 g/mol. The number of ketones is 1. The van der Waals surface area contributed by atoms with E-state index in [1.807, 2.05) is 6.07 Å². The average Bonchev–Trinajstić information content (AvgIpc) is 3.11. The molecule has 0 N–H and O–H groups in total. The van der Waals surface area contributed by atoms with Crippen molar-refractivity contribution in [2.75, 3.05) is 0 Å². The number of hydrogen-bond acceptors (Lipinski definition) is 3. The van der Waals surface area contributed by atoms with Crippen LogP contribution in [0.15, 0.2) is 34.7 Å². The van der Waals surface area contributed by atoms with Gasteiger partial charge in [0.05, 0.1) is 4.88 Å². The molecule has 2 nitrogen and oxygen atoms in total. The summed E-state index contributed by atoms with van der Waals surface area (Å²) in [6, 6.07) is 8.26. The molecule has 3 aromatic rings. The van der Waals surface area contributed by atoms with Gasteiger partial charge < -0.3 is 4.42 Å². The van der Waals surface area contributed by atoms with Gasteiger partial charge in [0.2, 0.25) is 5.78 Å². The summed E-state index contributed by atoms with van der Waals surface area (Å²) in [6.07, 6.45) is 3.28. The molecule has 100 valence electrons. The molecule has 0 amide bonds. The van der Waals surface area contributed by atoms with Crippen molar-refractivity contribution in [3.05, 3.63) is 57.2 Å². The fourth-order valence-corrected chi connectivity index (χ4v) is 3.90. The van der Waals surface area contributed by atoms with Gasteiger partial charge in [-0.15, -0.1) is 11.3 Å². The number of para-hydroxylation sites is 1. The van der Waals surface area contributed by atoms with Gasteiger partial charge >= 0.3 is 0 Å². The zero-order valence-electron chi connectivity index (χ0n) is 10.6. The number of aryl methyl sites for hydroxylation is 2. The Kier molecular flexibility index (Phi) is 2.54. The third kappa shape index (κ3) is 1.72. The van der Waals surface area contributed by atoms with Crippen molar-refractivity contribution in [2.45, 2.75) is 19.3 Å². The molecule has 0 bridgehead atoms. The van der Waals surface area contributed by atoms with Gasteiger partial charge in [0.15, 0.2) is 17.2 Å². The topological polar surface area (TPSA) is 30.2 Å². The van der Waals surface area contributed by atoms with Crippen molar-refractivity contribution in [3.63, 3.8) is 0 Å². The Labute approximate surface area is 118 Å². The van der Waals surface area contributed by atoms with Crippen molar-refractivity contribution >= 4 is 28.1 Å². The summed E-state index contributed by atoms with van der Waals surface area (Å²) in [4.78, 5) is 14.4. The molecule has 2 aromatic heterocycles. The molecule has 0 radical (unpaired) electrons. The van der Waals surface area contributed by atoms with Crippen molar-refractivity contribution in [3.8, 4) is 0 Å². The molecule has 1 aromatic carbocycles. The quantitative estimate of drug-likeness (QED) is 0.655. The van der Waals surface area contributed by atoms with Gasteiger partial charge in [0.1, 0.15) is 0 Å². The fraction of sp³-hybridized carbons (Fsp3) is 0.188. The minimum atomic E-state index is -0.435. The van der Waals surface area contributed by atoms with E-state index in [4.69, 9.17) is 4.42 Å². The fourth-order valence-electron chi connectivity index (χ4n) is 2.70. The Balaban J connectivity index is 1.77. The molecule has 0 saturated heterocycles. The molecular formula is C16H11FO2S. The molecule has 0 unspecified atom stereocenters. The van der Waals surface area contributed by atoms with E-state index in [9.17, 15) is 9.18 Å².